The van der Waals surface area contributed by atoms with Crippen molar-refractivity contribution in [1.29, 1.82) is 0 Å². The number of aromatic hydroxyl groups is 1. The molecule has 0 bridgehead atoms. The molecule has 0 unspecified atom stereocenters. The highest BCUT2D eigenvalue weighted by Crippen LogP contribution is 2.36. The van der Waals surface area contributed by atoms with Gasteiger partial charge < -0.3 is 10.8 Å². The zero-order valence-corrected chi connectivity index (χ0v) is 8.87. The normalized spacial score (nSPS) is 10.4. The smallest absolute Gasteiger partial charge is 0.155 e. The van der Waals surface area contributed by atoms with Gasteiger partial charge in [-0.05, 0) is 17.7 Å². The molecule has 0 aliphatic heterocycles. The molecule has 2 rings (SSSR count). The van der Waals surface area contributed by atoms with E-state index in [1.54, 1.807) is 0 Å². The number of rotatable bonds is 1. The van der Waals surface area contributed by atoms with Crippen LogP contribution < -0.4 is 5.73 Å². The minimum absolute atomic E-state index is 0.0171. The summed E-state index contributed by atoms with van der Waals surface area (Å²) in [5, 5.41) is 9.80. The zero-order valence-electron chi connectivity index (χ0n) is 8.11. The highest BCUT2D eigenvalue weighted by atomic mass is 35.5. The molecule has 0 atom stereocenters. The van der Waals surface area contributed by atoms with Crippen molar-refractivity contribution in [2.45, 2.75) is 0 Å². The molecule has 5 heteroatoms. The van der Waals surface area contributed by atoms with Gasteiger partial charge in [0.15, 0.2) is 10.9 Å². The number of nitrogens with two attached hydrogens (primary N) is 1. The molecule has 82 valence electrons. The third kappa shape index (κ3) is 1.79. The van der Waals surface area contributed by atoms with Crippen molar-refractivity contribution in [3.8, 4) is 16.9 Å². The lowest BCUT2D eigenvalue weighted by Crippen LogP contribution is -1.92. The van der Waals surface area contributed by atoms with E-state index in [4.69, 9.17) is 17.3 Å². The van der Waals surface area contributed by atoms with Gasteiger partial charge in [-0.2, -0.15) is 0 Å². The fourth-order valence-electron chi connectivity index (χ4n) is 1.34. The summed E-state index contributed by atoms with van der Waals surface area (Å²) in [4.78, 5) is 3.82. The van der Waals surface area contributed by atoms with Gasteiger partial charge in [-0.3, -0.25) is 0 Å². The lowest BCUT2D eigenvalue weighted by molar-refractivity contribution is 0.479. The summed E-state index contributed by atoms with van der Waals surface area (Å²) in [6.07, 6.45) is 1.39. The molecular formula is C11H8ClFN2O. The standard InChI is InChI=1S/C11H8ClFN2O/c12-11-9(14)10(16)8(5-15-11)6-1-3-7(13)4-2-6/h1-5H,14H2,(H,15,16). The van der Waals surface area contributed by atoms with E-state index in [1.165, 1.54) is 30.5 Å². The molecule has 3 nitrogen and oxygen atoms in total. The van der Waals surface area contributed by atoms with Crippen molar-refractivity contribution in [2.75, 3.05) is 5.73 Å². The number of hydrogen-bond acceptors (Lipinski definition) is 3. The Labute approximate surface area is 96.3 Å². The van der Waals surface area contributed by atoms with Crippen LogP contribution in [0.15, 0.2) is 30.5 Å². The zero-order chi connectivity index (χ0) is 11.7. The number of aromatic nitrogens is 1. The lowest BCUT2D eigenvalue weighted by atomic mass is 10.1. The minimum Gasteiger partial charge on any atom is -0.505 e. The van der Waals surface area contributed by atoms with Crippen molar-refractivity contribution >= 4 is 17.3 Å². The van der Waals surface area contributed by atoms with Crippen LogP contribution in [0.2, 0.25) is 5.15 Å². The third-order valence-electron chi connectivity index (χ3n) is 2.19. The summed E-state index contributed by atoms with van der Waals surface area (Å²) in [6.45, 7) is 0. The Kier molecular flexibility index (Phi) is 2.66. The van der Waals surface area contributed by atoms with Crippen LogP contribution in [0.1, 0.15) is 0 Å². The summed E-state index contributed by atoms with van der Waals surface area (Å²) >= 11 is 5.64. The predicted molar refractivity (Wildman–Crippen MR) is 60.7 cm³/mol. The van der Waals surface area contributed by atoms with Crippen LogP contribution in [-0.2, 0) is 0 Å². The van der Waals surface area contributed by atoms with Gasteiger partial charge in [-0.25, -0.2) is 9.37 Å². The Hall–Kier alpha value is -1.81. The summed E-state index contributed by atoms with van der Waals surface area (Å²) in [5.74, 6) is -0.496. The number of nitrogen functional groups attached to an aromatic ring is 1. The Morgan fingerprint density at radius 3 is 2.50 bits per heavy atom. The number of halogens is 2. The summed E-state index contributed by atoms with van der Waals surface area (Å²) in [6, 6.07) is 5.64. The molecule has 1 aromatic carbocycles. The van der Waals surface area contributed by atoms with Crippen LogP contribution in [0, 0.1) is 5.82 Å². The van der Waals surface area contributed by atoms with Crippen molar-refractivity contribution in [1.82, 2.24) is 4.98 Å². The van der Waals surface area contributed by atoms with Gasteiger partial charge in [0.1, 0.15) is 11.5 Å². The molecule has 0 radical (unpaired) electrons. The quantitative estimate of drug-likeness (QED) is 0.751. The fourth-order valence-corrected chi connectivity index (χ4v) is 1.47. The average molecular weight is 239 g/mol. The first kappa shape index (κ1) is 10.7. The largest absolute Gasteiger partial charge is 0.505 e. The van der Waals surface area contributed by atoms with Gasteiger partial charge >= 0.3 is 0 Å². The van der Waals surface area contributed by atoms with Crippen LogP contribution in [0.4, 0.5) is 10.1 Å². The van der Waals surface area contributed by atoms with E-state index in [0.717, 1.165) is 0 Å². The van der Waals surface area contributed by atoms with Crippen LogP contribution in [-0.4, -0.2) is 10.1 Å². The van der Waals surface area contributed by atoms with Crippen molar-refractivity contribution in [3.05, 3.63) is 41.4 Å². The van der Waals surface area contributed by atoms with Gasteiger partial charge in [0.05, 0.1) is 0 Å². The SMILES string of the molecule is Nc1c(Cl)ncc(-c2ccc(F)cc2)c1O. The maximum atomic E-state index is 12.7. The minimum atomic E-state index is -0.349. The van der Waals surface area contributed by atoms with E-state index in [0.29, 0.717) is 11.1 Å². The Morgan fingerprint density at radius 1 is 1.25 bits per heavy atom. The topological polar surface area (TPSA) is 59.1 Å². The van der Waals surface area contributed by atoms with E-state index in [9.17, 15) is 9.50 Å². The lowest BCUT2D eigenvalue weighted by Gasteiger charge is -2.07. The van der Waals surface area contributed by atoms with Crippen molar-refractivity contribution in [3.63, 3.8) is 0 Å². The van der Waals surface area contributed by atoms with E-state index >= 15 is 0 Å². The van der Waals surface area contributed by atoms with E-state index in [1.807, 2.05) is 0 Å². The van der Waals surface area contributed by atoms with Gasteiger partial charge in [-0.1, -0.05) is 23.7 Å². The molecule has 3 N–H and O–H groups in total. The first-order valence-corrected chi connectivity index (χ1v) is 4.86. The second kappa shape index (κ2) is 3.98. The molecule has 1 heterocycles. The summed E-state index contributed by atoms with van der Waals surface area (Å²) in [5.41, 5.74) is 6.59. The second-order valence-corrected chi connectivity index (χ2v) is 3.59. The number of nitrogens with zero attached hydrogens (tertiary/aromatic N) is 1. The van der Waals surface area contributed by atoms with Crippen LogP contribution in [0.3, 0.4) is 0 Å². The molecular weight excluding hydrogens is 231 g/mol. The van der Waals surface area contributed by atoms with Crippen molar-refractivity contribution in [2.24, 2.45) is 0 Å². The van der Waals surface area contributed by atoms with E-state index in [2.05, 4.69) is 4.98 Å². The maximum absolute atomic E-state index is 12.7. The van der Waals surface area contributed by atoms with E-state index < -0.39 is 0 Å². The molecule has 0 aliphatic carbocycles. The molecule has 0 fully saturated rings. The Bertz CT molecular complexity index is 528. The highest BCUT2D eigenvalue weighted by molar-refractivity contribution is 6.32. The molecule has 0 aliphatic rings. The Balaban J connectivity index is 2.57. The molecule has 0 saturated heterocycles. The summed E-state index contributed by atoms with van der Waals surface area (Å²) < 4.78 is 12.7. The first-order valence-electron chi connectivity index (χ1n) is 4.48. The Morgan fingerprint density at radius 2 is 1.88 bits per heavy atom. The van der Waals surface area contributed by atoms with Crippen LogP contribution in [0.5, 0.6) is 5.75 Å². The number of hydrogen-bond donors (Lipinski definition) is 2. The first-order chi connectivity index (χ1) is 7.59. The van der Waals surface area contributed by atoms with Gasteiger partial charge in [-0.15, -0.1) is 0 Å². The highest BCUT2D eigenvalue weighted by Gasteiger charge is 2.11. The van der Waals surface area contributed by atoms with Crippen LogP contribution in [0.25, 0.3) is 11.1 Å². The van der Waals surface area contributed by atoms with Crippen LogP contribution >= 0.6 is 11.6 Å². The number of anilines is 1. The summed E-state index contributed by atoms with van der Waals surface area (Å²) in [7, 11) is 0. The van der Waals surface area contributed by atoms with Gasteiger partial charge in [0, 0.05) is 11.8 Å². The molecule has 0 spiro atoms. The molecule has 16 heavy (non-hydrogen) atoms. The number of benzene rings is 1. The fraction of sp³-hybridized carbons (Fsp3) is 0. The second-order valence-electron chi connectivity index (χ2n) is 3.23. The average Bonchev–Trinajstić information content (AvgIpc) is 2.28. The maximum Gasteiger partial charge on any atom is 0.155 e. The van der Waals surface area contributed by atoms with E-state index in [-0.39, 0.29) is 22.4 Å². The molecule has 0 amide bonds. The number of pyridine rings is 1. The van der Waals surface area contributed by atoms with Gasteiger partial charge in [0.25, 0.3) is 0 Å². The van der Waals surface area contributed by atoms with Crippen molar-refractivity contribution < 1.29 is 9.50 Å². The monoisotopic (exact) mass is 238 g/mol. The third-order valence-corrected chi connectivity index (χ3v) is 2.50. The molecule has 2 aromatic rings. The van der Waals surface area contributed by atoms with Gasteiger partial charge in [0.2, 0.25) is 0 Å². The molecule has 1 aromatic heterocycles. The predicted octanol–water partition coefficient (Wildman–Crippen LogP) is 2.83. The molecule has 0 saturated carbocycles.